The van der Waals surface area contributed by atoms with E-state index in [1.807, 2.05) is 29.6 Å². The van der Waals surface area contributed by atoms with E-state index < -0.39 is 0 Å². The van der Waals surface area contributed by atoms with Crippen molar-refractivity contribution in [2.45, 2.75) is 6.10 Å². The second-order valence-electron chi connectivity index (χ2n) is 6.19. The van der Waals surface area contributed by atoms with Crippen LogP contribution in [-0.4, -0.2) is 37.2 Å². The van der Waals surface area contributed by atoms with Crippen LogP contribution in [0.3, 0.4) is 0 Å². The van der Waals surface area contributed by atoms with Gasteiger partial charge in [-0.3, -0.25) is 4.79 Å². The molecule has 1 saturated heterocycles. The SMILES string of the molecule is COC1CN(c2ccc(NC(=O)c3ccc(Oc4nccs4)cc3)cc2)C1. The Morgan fingerprint density at radius 2 is 1.89 bits per heavy atom. The smallest absolute Gasteiger partial charge is 0.278 e. The first-order chi connectivity index (χ1) is 13.2. The Kier molecular flexibility index (Phi) is 5.04. The summed E-state index contributed by atoms with van der Waals surface area (Å²) in [6.07, 6.45) is 2.00. The van der Waals surface area contributed by atoms with E-state index in [0.29, 0.717) is 22.6 Å². The van der Waals surface area contributed by atoms with Crippen LogP contribution in [-0.2, 0) is 4.74 Å². The lowest BCUT2D eigenvalue weighted by molar-refractivity contribution is 0.0788. The highest BCUT2D eigenvalue weighted by atomic mass is 32.1. The van der Waals surface area contributed by atoms with Crippen molar-refractivity contribution in [1.29, 1.82) is 0 Å². The van der Waals surface area contributed by atoms with Gasteiger partial charge in [0.2, 0.25) is 0 Å². The topological polar surface area (TPSA) is 63.7 Å². The van der Waals surface area contributed by atoms with Gasteiger partial charge in [-0.05, 0) is 48.5 Å². The average molecular weight is 381 g/mol. The number of carbonyl (C=O) groups excluding carboxylic acids is 1. The molecule has 2 aromatic carbocycles. The number of nitrogens with one attached hydrogen (secondary N) is 1. The van der Waals surface area contributed by atoms with Crippen molar-refractivity contribution in [2.75, 3.05) is 30.4 Å². The maximum Gasteiger partial charge on any atom is 0.278 e. The first-order valence-corrected chi connectivity index (χ1v) is 9.46. The van der Waals surface area contributed by atoms with Gasteiger partial charge in [0.05, 0.1) is 6.10 Å². The summed E-state index contributed by atoms with van der Waals surface area (Å²) in [7, 11) is 1.73. The van der Waals surface area contributed by atoms with Crippen LogP contribution in [0.5, 0.6) is 10.9 Å². The fraction of sp³-hybridized carbons (Fsp3) is 0.200. The van der Waals surface area contributed by atoms with Crippen molar-refractivity contribution in [1.82, 2.24) is 4.98 Å². The highest BCUT2D eigenvalue weighted by molar-refractivity contribution is 7.11. The number of carbonyl (C=O) groups is 1. The number of rotatable bonds is 6. The van der Waals surface area contributed by atoms with Gasteiger partial charge in [-0.1, -0.05) is 11.3 Å². The molecule has 6 nitrogen and oxygen atoms in total. The summed E-state index contributed by atoms with van der Waals surface area (Å²) >= 11 is 1.42. The molecule has 7 heteroatoms. The quantitative estimate of drug-likeness (QED) is 0.699. The van der Waals surface area contributed by atoms with E-state index in [2.05, 4.69) is 15.2 Å². The molecule has 1 fully saturated rings. The lowest BCUT2D eigenvalue weighted by atomic mass is 10.1. The third-order valence-corrected chi connectivity index (χ3v) is 5.05. The normalized spacial score (nSPS) is 13.9. The fourth-order valence-corrected chi connectivity index (χ4v) is 3.30. The van der Waals surface area contributed by atoms with Gasteiger partial charge in [0.15, 0.2) is 0 Å². The Hall–Kier alpha value is -2.90. The zero-order valence-electron chi connectivity index (χ0n) is 14.8. The lowest BCUT2D eigenvalue weighted by Gasteiger charge is -2.40. The van der Waals surface area contributed by atoms with Gasteiger partial charge in [0.1, 0.15) is 5.75 Å². The Bertz CT molecular complexity index is 889. The molecule has 0 aliphatic carbocycles. The van der Waals surface area contributed by atoms with Gasteiger partial charge in [-0.25, -0.2) is 4.98 Å². The Morgan fingerprint density at radius 3 is 2.52 bits per heavy atom. The number of hydrogen-bond donors (Lipinski definition) is 1. The minimum absolute atomic E-state index is 0.160. The highest BCUT2D eigenvalue weighted by Crippen LogP contribution is 2.25. The summed E-state index contributed by atoms with van der Waals surface area (Å²) < 4.78 is 10.9. The van der Waals surface area contributed by atoms with Crippen LogP contribution in [0, 0.1) is 0 Å². The van der Waals surface area contributed by atoms with Gasteiger partial charge >= 0.3 is 0 Å². The Labute approximate surface area is 161 Å². The summed E-state index contributed by atoms with van der Waals surface area (Å²) in [5.41, 5.74) is 2.46. The molecule has 0 atom stereocenters. The summed E-state index contributed by atoms with van der Waals surface area (Å²) in [6, 6.07) is 14.8. The van der Waals surface area contributed by atoms with Crippen molar-refractivity contribution in [2.24, 2.45) is 0 Å². The van der Waals surface area contributed by atoms with E-state index in [9.17, 15) is 4.79 Å². The van der Waals surface area contributed by atoms with E-state index in [1.165, 1.54) is 11.3 Å². The van der Waals surface area contributed by atoms with Crippen LogP contribution < -0.4 is 15.0 Å². The molecule has 0 spiro atoms. The van der Waals surface area contributed by atoms with E-state index in [0.717, 1.165) is 24.5 Å². The van der Waals surface area contributed by atoms with Crippen molar-refractivity contribution in [3.05, 3.63) is 65.7 Å². The number of amides is 1. The van der Waals surface area contributed by atoms with Crippen molar-refractivity contribution >= 4 is 28.6 Å². The Morgan fingerprint density at radius 1 is 1.15 bits per heavy atom. The first-order valence-electron chi connectivity index (χ1n) is 8.58. The van der Waals surface area contributed by atoms with E-state index in [-0.39, 0.29) is 5.91 Å². The molecule has 4 rings (SSSR count). The van der Waals surface area contributed by atoms with Gasteiger partial charge in [0, 0.05) is 48.7 Å². The predicted molar refractivity (Wildman–Crippen MR) is 106 cm³/mol. The number of anilines is 2. The molecule has 3 aromatic rings. The number of nitrogens with zero attached hydrogens (tertiary/aromatic N) is 2. The molecule has 1 amide bonds. The molecule has 0 saturated carbocycles. The van der Waals surface area contributed by atoms with Crippen molar-refractivity contribution < 1.29 is 14.3 Å². The zero-order valence-corrected chi connectivity index (χ0v) is 15.6. The van der Waals surface area contributed by atoms with E-state index in [4.69, 9.17) is 9.47 Å². The van der Waals surface area contributed by atoms with Crippen LogP contribution in [0.25, 0.3) is 0 Å². The monoisotopic (exact) mass is 381 g/mol. The molecule has 138 valence electrons. The zero-order chi connectivity index (χ0) is 18.6. The third-order valence-electron chi connectivity index (χ3n) is 4.40. The molecule has 0 bridgehead atoms. The van der Waals surface area contributed by atoms with Crippen LogP contribution in [0.4, 0.5) is 11.4 Å². The second-order valence-corrected chi connectivity index (χ2v) is 7.05. The van der Waals surface area contributed by atoms with Crippen LogP contribution in [0.2, 0.25) is 0 Å². The van der Waals surface area contributed by atoms with Crippen LogP contribution >= 0.6 is 11.3 Å². The Balaban J connectivity index is 1.34. The summed E-state index contributed by atoms with van der Waals surface area (Å²) in [4.78, 5) is 18.7. The molecule has 2 heterocycles. The molecule has 0 unspecified atom stereocenters. The maximum atomic E-state index is 12.4. The number of aromatic nitrogens is 1. The third kappa shape index (κ3) is 4.10. The van der Waals surface area contributed by atoms with Crippen molar-refractivity contribution in [3.8, 4) is 10.9 Å². The van der Waals surface area contributed by atoms with Gasteiger partial charge in [-0.2, -0.15) is 0 Å². The van der Waals surface area contributed by atoms with Gasteiger partial charge in [-0.15, -0.1) is 0 Å². The highest BCUT2D eigenvalue weighted by Gasteiger charge is 2.26. The minimum Gasteiger partial charge on any atom is -0.431 e. The molecule has 1 aromatic heterocycles. The summed E-state index contributed by atoms with van der Waals surface area (Å²) in [6.45, 7) is 1.80. The van der Waals surface area contributed by atoms with E-state index in [1.54, 1.807) is 37.6 Å². The molecule has 1 aliphatic heterocycles. The first kappa shape index (κ1) is 17.5. The minimum atomic E-state index is -0.160. The van der Waals surface area contributed by atoms with Gasteiger partial charge < -0.3 is 19.7 Å². The molecule has 1 N–H and O–H groups in total. The summed E-state index contributed by atoms with van der Waals surface area (Å²) in [5.74, 6) is 0.488. The van der Waals surface area contributed by atoms with Crippen LogP contribution in [0.15, 0.2) is 60.1 Å². The number of benzene rings is 2. The summed E-state index contributed by atoms with van der Waals surface area (Å²) in [5, 5.41) is 5.33. The molecular weight excluding hydrogens is 362 g/mol. The van der Waals surface area contributed by atoms with Gasteiger partial charge in [0.25, 0.3) is 11.1 Å². The van der Waals surface area contributed by atoms with Crippen LogP contribution in [0.1, 0.15) is 10.4 Å². The number of methoxy groups -OCH3 is 1. The number of ether oxygens (including phenoxy) is 2. The fourth-order valence-electron chi connectivity index (χ4n) is 2.79. The maximum absolute atomic E-state index is 12.4. The van der Waals surface area contributed by atoms with Crippen molar-refractivity contribution in [3.63, 3.8) is 0 Å². The number of thiazole rings is 1. The standard InChI is InChI=1S/C20H19N3O3S/c1-25-18-12-23(13-18)16-6-4-15(5-7-16)22-19(24)14-2-8-17(9-3-14)26-20-21-10-11-27-20/h2-11,18H,12-13H2,1H3,(H,22,24). The molecule has 0 radical (unpaired) electrons. The number of hydrogen-bond acceptors (Lipinski definition) is 6. The second kappa shape index (κ2) is 7.77. The largest absolute Gasteiger partial charge is 0.431 e. The molecular formula is C20H19N3O3S. The average Bonchev–Trinajstić information content (AvgIpc) is 3.16. The predicted octanol–water partition coefficient (Wildman–Crippen LogP) is 4.02. The lowest BCUT2D eigenvalue weighted by Crippen LogP contribution is -2.51. The van der Waals surface area contributed by atoms with E-state index >= 15 is 0 Å². The molecule has 27 heavy (non-hydrogen) atoms. The molecule has 1 aliphatic rings.